The van der Waals surface area contributed by atoms with Crippen molar-refractivity contribution in [3.05, 3.63) is 70.5 Å². The molecule has 23 heavy (non-hydrogen) atoms. The van der Waals surface area contributed by atoms with Crippen LogP contribution in [0.25, 0.3) is 10.8 Å². The number of benzene rings is 2. The fourth-order valence-electron chi connectivity index (χ4n) is 4.01. The zero-order valence-corrected chi connectivity index (χ0v) is 12.9. The first kappa shape index (κ1) is 12.9. The van der Waals surface area contributed by atoms with E-state index < -0.39 is 5.60 Å². The first-order valence-corrected chi connectivity index (χ1v) is 7.98. The van der Waals surface area contributed by atoms with E-state index in [4.69, 9.17) is 4.74 Å². The molecule has 2 aliphatic rings. The van der Waals surface area contributed by atoms with Crippen LogP contribution in [0.1, 0.15) is 25.3 Å². The molecule has 2 aromatic carbocycles. The molecule has 5 rings (SSSR count). The van der Waals surface area contributed by atoms with Gasteiger partial charge in [-0.15, -0.1) is 5.10 Å². The number of fused-ring (bicyclic) bond motifs is 4. The quantitative estimate of drug-likeness (QED) is 0.703. The second-order valence-corrected chi connectivity index (χ2v) is 6.66. The van der Waals surface area contributed by atoms with E-state index in [2.05, 4.69) is 24.2 Å². The van der Waals surface area contributed by atoms with Gasteiger partial charge in [-0.25, -0.2) is 0 Å². The number of hydrogen-bond donors (Lipinski definition) is 1. The standard InChI is InChI=1S/C19H16N2O2/c1-18(13-7-3-2-4-8-13)19(11-12-19)21-17(23-18)15-10-6-5-9-14(15)16(22)20-21/h2-10H,11-12H2,1H3/p+1. The van der Waals surface area contributed by atoms with E-state index in [1.54, 1.807) is 0 Å². The van der Waals surface area contributed by atoms with Crippen LogP contribution in [-0.4, -0.2) is 5.10 Å². The summed E-state index contributed by atoms with van der Waals surface area (Å²) in [5, 5.41) is 4.59. The summed E-state index contributed by atoms with van der Waals surface area (Å²) in [5.74, 6) is 0.768. The second kappa shape index (κ2) is 4.02. The number of rotatable bonds is 1. The number of hydrogen-bond acceptors (Lipinski definition) is 2. The molecular weight excluding hydrogens is 288 g/mol. The van der Waals surface area contributed by atoms with Crippen LogP contribution in [0.5, 0.6) is 5.88 Å². The van der Waals surface area contributed by atoms with Crippen LogP contribution >= 0.6 is 0 Å². The smallest absolute Gasteiger partial charge is 0.401 e. The summed E-state index contributed by atoms with van der Waals surface area (Å²) in [5.41, 5.74) is 0.434. The van der Waals surface area contributed by atoms with E-state index in [-0.39, 0.29) is 11.1 Å². The maximum Gasteiger partial charge on any atom is 0.401 e. The van der Waals surface area contributed by atoms with Crippen molar-refractivity contribution in [3.8, 4) is 5.88 Å². The van der Waals surface area contributed by atoms with Crippen molar-refractivity contribution in [2.75, 3.05) is 0 Å². The molecule has 114 valence electrons. The van der Waals surface area contributed by atoms with Crippen molar-refractivity contribution in [2.24, 2.45) is 0 Å². The molecule has 1 N–H and O–H groups in total. The fraction of sp³-hybridized carbons (Fsp3) is 0.263. The second-order valence-electron chi connectivity index (χ2n) is 6.66. The average Bonchev–Trinajstić information content (AvgIpc) is 3.36. The summed E-state index contributed by atoms with van der Waals surface area (Å²) < 4.78 is 8.50. The molecule has 1 spiro atoms. The highest BCUT2D eigenvalue weighted by molar-refractivity contribution is 5.85. The van der Waals surface area contributed by atoms with Gasteiger partial charge in [-0.1, -0.05) is 47.1 Å². The molecule has 4 heteroatoms. The van der Waals surface area contributed by atoms with Crippen molar-refractivity contribution >= 4 is 10.8 Å². The lowest BCUT2D eigenvalue weighted by Crippen LogP contribution is -2.56. The number of nitrogens with one attached hydrogen (secondary N) is 1. The predicted molar refractivity (Wildman–Crippen MR) is 86.4 cm³/mol. The van der Waals surface area contributed by atoms with Crippen molar-refractivity contribution in [1.29, 1.82) is 0 Å². The highest BCUT2D eigenvalue weighted by Gasteiger charge is 2.75. The number of aromatic amines is 1. The first-order chi connectivity index (χ1) is 11.2. The van der Waals surface area contributed by atoms with Gasteiger partial charge in [0.2, 0.25) is 11.1 Å². The Morgan fingerprint density at radius 3 is 2.35 bits per heavy atom. The zero-order valence-electron chi connectivity index (χ0n) is 12.9. The molecule has 1 saturated carbocycles. The Morgan fingerprint density at radius 2 is 1.65 bits per heavy atom. The lowest BCUT2D eigenvalue weighted by atomic mass is 9.86. The van der Waals surface area contributed by atoms with E-state index in [0.29, 0.717) is 5.39 Å². The molecule has 1 aliphatic heterocycles. The minimum absolute atomic E-state index is 0.0588. The molecule has 1 aliphatic carbocycles. The summed E-state index contributed by atoms with van der Waals surface area (Å²) in [4.78, 5) is 12.5. The summed E-state index contributed by atoms with van der Waals surface area (Å²) in [6.07, 6.45) is 2.01. The average molecular weight is 305 g/mol. The van der Waals surface area contributed by atoms with E-state index in [9.17, 15) is 4.79 Å². The van der Waals surface area contributed by atoms with Crippen LogP contribution in [0.15, 0.2) is 59.4 Å². The Morgan fingerprint density at radius 1 is 1.00 bits per heavy atom. The van der Waals surface area contributed by atoms with Crippen LogP contribution in [0.4, 0.5) is 0 Å². The minimum Gasteiger partial charge on any atom is -0.423 e. The van der Waals surface area contributed by atoms with Gasteiger partial charge in [-0.2, -0.15) is 0 Å². The molecule has 0 radical (unpaired) electrons. The Balaban J connectivity index is 1.82. The Labute approximate surface area is 133 Å². The minimum atomic E-state index is -0.464. The largest absolute Gasteiger partial charge is 0.423 e. The van der Waals surface area contributed by atoms with Crippen molar-refractivity contribution in [1.82, 2.24) is 5.10 Å². The van der Waals surface area contributed by atoms with Gasteiger partial charge in [0.15, 0.2) is 0 Å². The lowest BCUT2D eigenvalue weighted by molar-refractivity contribution is -0.782. The van der Waals surface area contributed by atoms with Crippen LogP contribution in [0.3, 0.4) is 0 Å². The molecule has 0 amide bonds. The maximum atomic E-state index is 12.5. The third-order valence-corrected chi connectivity index (χ3v) is 5.48. The Bertz CT molecular complexity index is 989. The molecule has 0 bridgehead atoms. The molecule has 1 atom stereocenters. The summed E-state index contributed by atoms with van der Waals surface area (Å²) >= 11 is 0. The first-order valence-electron chi connectivity index (χ1n) is 7.98. The summed E-state index contributed by atoms with van der Waals surface area (Å²) in [6.45, 7) is 2.13. The molecule has 1 unspecified atom stereocenters. The van der Waals surface area contributed by atoms with Gasteiger partial charge in [0.05, 0.1) is 5.39 Å². The lowest BCUT2D eigenvalue weighted by Gasteiger charge is -2.25. The highest BCUT2D eigenvalue weighted by Crippen LogP contribution is 2.58. The van der Waals surface area contributed by atoms with Gasteiger partial charge in [0, 0.05) is 18.4 Å². The van der Waals surface area contributed by atoms with Crippen LogP contribution < -0.4 is 15.0 Å². The van der Waals surface area contributed by atoms with Crippen LogP contribution in [-0.2, 0) is 11.1 Å². The number of aromatic nitrogens is 2. The topological polar surface area (TPSA) is 46.0 Å². The van der Waals surface area contributed by atoms with E-state index in [1.165, 1.54) is 0 Å². The van der Waals surface area contributed by atoms with Crippen LogP contribution in [0.2, 0.25) is 0 Å². The van der Waals surface area contributed by atoms with Crippen LogP contribution in [0, 0.1) is 0 Å². The van der Waals surface area contributed by atoms with Crippen molar-refractivity contribution in [2.45, 2.75) is 30.9 Å². The van der Waals surface area contributed by atoms with Gasteiger partial charge in [0.25, 0.3) is 0 Å². The highest BCUT2D eigenvalue weighted by atomic mass is 16.5. The Hall–Kier alpha value is -2.62. The summed E-state index contributed by atoms with van der Waals surface area (Å²) in [6, 6.07) is 17.9. The molecule has 3 aromatic rings. The molecular formula is C19H17N2O2+. The van der Waals surface area contributed by atoms with E-state index >= 15 is 0 Å². The number of ether oxygens (including phenoxy) is 1. The van der Waals surface area contributed by atoms with Gasteiger partial charge in [0.1, 0.15) is 5.39 Å². The fourth-order valence-corrected chi connectivity index (χ4v) is 4.01. The predicted octanol–water partition coefficient (Wildman–Crippen LogP) is 2.61. The number of H-pyrrole nitrogens is 1. The molecule has 0 saturated heterocycles. The van der Waals surface area contributed by atoms with Crippen molar-refractivity contribution in [3.63, 3.8) is 0 Å². The van der Waals surface area contributed by atoms with Gasteiger partial charge < -0.3 is 4.74 Å². The van der Waals surface area contributed by atoms with Crippen molar-refractivity contribution < 1.29 is 9.42 Å². The monoisotopic (exact) mass is 305 g/mol. The van der Waals surface area contributed by atoms with Gasteiger partial charge in [-0.05, 0) is 19.1 Å². The summed E-state index contributed by atoms with van der Waals surface area (Å²) in [7, 11) is 0. The van der Waals surface area contributed by atoms with Gasteiger partial charge >= 0.3 is 11.4 Å². The third-order valence-electron chi connectivity index (χ3n) is 5.48. The number of nitrogens with zero attached hydrogens (tertiary/aromatic N) is 1. The maximum absolute atomic E-state index is 12.5. The normalized spacial score (nSPS) is 23.7. The van der Waals surface area contributed by atoms with Gasteiger partial charge in [-0.3, -0.25) is 4.79 Å². The third kappa shape index (κ3) is 1.46. The molecule has 4 nitrogen and oxygen atoms in total. The molecule has 1 aromatic heterocycles. The SMILES string of the molecule is CC1(c2ccccc2)Oc2c3ccccc3c(=O)[nH][n+]2C12CC2. The molecule has 1 fully saturated rings. The van der Waals surface area contributed by atoms with E-state index in [1.807, 2.05) is 47.1 Å². The molecule has 2 heterocycles. The zero-order chi connectivity index (χ0) is 15.7. The Kier molecular flexibility index (Phi) is 2.25. The van der Waals surface area contributed by atoms with E-state index in [0.717, 1.165) is 29.7 Å².